The van der Waals surface area contributed by atoms with Crippen LogP contribution < -0.4 is 5.43 Å². The zero-order valence-corrected chi connectivity index (χ0v) is 13.1. The van der Waals surface area contributed by atoms with Crippen LogP contribution in [0.4, 0.5) is 4.39 Å². The van der Waals surface area contributed by atoms with Crippen molar-refractivity contribution in [3.63, 3.8) is 0 Å². The topological polar surface area (TPSA) is 44.7 Å². The molecular weight excluding hydrogens is 305 g/mol. The zero-order valence-electron chi connectivity index (χ0n) is 13.1. The van der Waals surface area contributed by atoms with Gasteiger partial charge in [-0.1, -0.05) is 60.7 Å². The Morgan fingerprint density at radius 1 is 1.12 bits per heavy atom. The average molecular weight is 323 g/mol. The first-order valence-electron chi connectivity index (χ1n) is 8.11. The molecule has 2 aliphatic heterocycles. The highest BCUT2D eigenvalue weighted by molar-refractivity contribution is 6.39. The van der Waals surface area contributed by atoms with E-state index in [1.807, 2.05) is 60.7 Å². The maximum absolute atomic E-state index is 14.4. The minimum atomic E-state index is -1.08. The highest BCUT2D eigenvalue weighted by Crippen LogP contribution is 2.38. The Bertz CT molecular complexity index is 763. The Labute approximate surface area is 140 Å². The van der Waals surface area contributed by atoms with E-state index in [1.54, 1.807) is 5.01 Å². The summed E-state index contributed by atoms with van der Waals surface area (Å²) in [4.78, 5) is 16.8. The van der Waals surface area contributed by atoms with Crippen molar-refractivity contribution < 1.29 is 9.18 Å². The molecule has 4 nitrogen and oxygen atoms in total. The molecule has 0 bridgehead atoms. The summed E-state index contributed by atoms with van der Waals surface area (Å²) >= 11 is 0. The van der Waals surface area contributed by atoms with Crippen LogP contribution in [-0.2, 0) is 11.2 Å². The molecule has 0 radical (unpaired) electrons. The highest BCUT2D eigenvalue weighted by atomic mass is 19.1. The normalized spacial score (nSPS) is 25.9. The number of nitrogens with one attached hydrogen (secondary N) is 1. The van der Waals surface area contributed by atoms with Gasteiger partial charge in [0.1, 0.15) is 6.17 Å². The molecular formula is C19H18FN3O. The van der Waals surface area contributed by atoms with Gasteiger partial charge in [-0.2, -0.15) is 5.01 Å². The molecule has 3 atom stereocenters. The van der Waals surface area contributed by atoms with Crippen LogP contribution in [0, 0.1) is 0 Å². The molecule has 0 aliphatic carbocycles. The number of alkyl halides is 1. The second-order valence-electron chi connectivity index (χ2n) is 6.17. The molecule has 2 heterocycles. The molecule has 122 valence electrons. The average Bonchev–Trinajstić information content (AvgIpc) is 3.18. The number of aliphatic imine (C=N–C) groups is 1. The molecule has 2 aliphatic rings. The van der Waals surface area contributed by atoms with E-state index in [-0.39, 0.29) is 24.1 Å². The van der Waals surface area contributed by atoms with Gasteiger partial charge in [-0.3, -0.25) is 10.2 Å². The number of hydrogen-bond acceptors (Lipinski definition) is 4. The van der Waals surface area contributed by atoms with Crippen molar-refractivity contribution in [3.05, 3.63) is 71.8 Å². The lowest BCUT2D eigenvalue weighted by Gasteiger charge is -2.23. The molecule has 2 aromatic rings. The lowest BCUT2D eigenvalue weighted by atomic mass is 10.0. The molecule has 1 fully saturated rings. The van der Waals surface area contributed by atoms with E-state index < -0.39 is 12.3 Å². The van der Waals surface area contributed by atoms with E-state index >= 15 is 0 Å². The van der Waals surface area contributed by atoms with Crippen molar-refractivity contribution in [2.24, 2.45) is 4.99 Å². The second kappa shape index (κ2) is 6.17. The standard InChI is InChI=1S/C19H18FN3O/c20-15-12-16(14-9-5-2-6-10-14)23-19(15)21-18(22-23)17(24)11-13-7-3-1-4-8-13/h1-10,15-16,19H,11-12H2,(H,21,22)/t15-,16-,19?/m0/s1. The van der Waals surface area contributed by atoms with Crippen LogP contribution in [0.15, 0.2) is 65.7 Å². The van der Waals surface area contributed by atoms with E-state index in [4.69, 9.17) is 0 Å². The number of ketones is 1. The molecule has 2 aromatic carbocycles. The molecule has 1 N–H and O–H groups in total. The fourth-order valence-corrected chi connectivity index (χ4v) is 3.35. The van der Waals surface area contributed by atoms with E-state index in [2.05, 4.69) is 10.4 Å². The smallest absolute Gasteiger partial charge is 0.203 e. The predicted octanol–water partition coefficient (Wildman–Crippen LogP) is 2.83. The number of carbonyl (C=O) groups is 1. The summed E-state index contributed by atoms with van der Waals surface area (Å²) in [6.45, 7) is 0. The summed E-state index contributed by atoms with van der Waals surface area (Å²) < 4.78 is 14.4. The summed E-state index contributed by atoms with van der Waals surface area (Å²) in [6, 6.07) is 19.2. The van der Waals surface area contributed by atoms with E-state index in [9.17, 15) is 9.18 Å². The summed E-state index contributed by atoms with van der Waals surface area (Å²) in [6.07, 6.45) is -1.06. The number of benzene rings is 2. The third-order valence-electron chi connectivity index (χ3n) is 4.55. The lowest BCUT2D eigenvalue weighted by Crippen LogP contribution is -2.42. The van der Waals surface area contributed by atoms with Crippen LogP contribution in [0.1, 0.15) is 23.6 Å². The van der Waals surface area contributed by atoms with Crippen LogP contribution in [0.3, 0.4) is 0 Å². The van der Waals surface area contributed by atoms with Gasteiger partial charge in [0.25, 0.3) is 0 Å². The van der Waals surface area contributed by atoms with Gasteiger partial charge in [-0.25, -0.2) is 9.38 Å². The molecule has 0 aromatic heterocycles. The van der Waals surface area contributed by atoms with Gasteiger partial charge in [-0.05, 0) is 11.1 Å². The van der Waals surface area contributed by atoms with Crippen molar-refractivity contribution in [2.75, 3.05) is 0 Å². The molecule has 4 rings (SSSR count). The van der Waals surface area contributed by atoms with Crippen LogP contribution in [0.2, 0.25) is 0 Å². The van der Waals surface area contributed by atoms with Gasteiger partial charge < -0.3 is 0 Å². The number of Topliss-reactive ketones (excluding diaryl/α,β-unsaturated/α-hetero) is 1. The SMILES string of the molecule is O=C(Cc1ccccc1)C1=NC2[C@@H](F)C[C@@H](c3ccccc3)N2N1. The molecule has 0 spiro atoms. The predicted molar refractivity (Wildman–Crippen MR) is 90.0 cm³/mol. The maximum atomic E-state index is 14.4. The molecule has 5 heteroatoms. The van der Waals surface area contributed by atoms with Crippen molar-refractivity contribution >= 4 is 11.6 Å². The van der Waals surface area contributed by atoms with Crippen molar-refractivity contribution in [3.8, 4) is 0 Å². The second-order valence-corrected chi connectivity index (χ2v) is 6.17. The van der Waals surface area contributed by atoms with Gasteiger partial charge in [0.05, 0.1) is 6.04 Å². The largest absolute Gasteiger partial charge is 0.298 e. The highest BCUT2D eigenvalue weighted by Gasteiger charge is 2.47. The first kappa shape index (κ1) is 15.0. The Kier molecular flexibility index (Phi) is 3.86. The van der Waals surface area contributed by atoms with E-state index in [1.165, 1.54) is 0 Å². The van der Waals surface area contributed by atoms with Crippen LogP contribution in [0.25, 0.3) is 0 Å². The van der Waals surface area contributed by atoms with Crippen molar-refractivity contribution in [2.45, 2.75) is 31.2 Å². The lowest BCUT2D eigenvalue weighted by molar-refractivity contribution is -0.112. The van der Waals surface area contributed by atoms with E-state index in [0.717, 1.165) is 11.1 Å². The Morgan fingerprint density at radius 3 is 2.50 bits per heavy atom. The summed E-state index contributed by atoms with van der Waals surface area (Å²) in [7, 11) is 0. The number of hydrogen-bond donors (Lipinski definition) is 1. The molecule has 1 saturated heterocycles. The number of fused-ring (bicyclic) bond motifs is 1. The first-order valence-corrected chi connectivity index (χ1v) is 8.11. The third kappa shape index (κ3) is 2.71. The Morgan fingerprint density at radius 2 is 1.79 bits per heavy atom. The van der Waals surface area contributed by atoms with E-state index in [0.29, 0.717) is 6.42 Å². The number of rotatable bonds is 4. The minimum absolute atomic E-state index is 0.114. The van der Waals surface area contributed by atoms with Crippen LogP contribution >= 0.6 is 0 Å². The quantitative estimate of drug-likeness (QED) is 0.941. The number of carbonyl (C=O) groups excluding carboxylic acids is 1. The van der Waals surface area contributed by atoms with Gasteiger partial charge in [0.2, 0.25) is 5.78 Å². The van der Waals surface area contributed by atoms with Crippen molar-refractivity contribution in [1.82, 2.24) is 10.4 Å². The Balaban J connectivity index is 1.51. The first-order chi connectivity index (χ1) is 11.7. The maximum Gasteiger partial charge on any atom is 0.203 e. The summed E-state index contributed by atoms with van der Waals surface area (Å²) in [5.41, 5.74) is 5.00. The zero-order chi connectivity index (χ0) is 16.5. The molecule has 0 saturated carbocycles. The number of nitrogens with zero attached hydrogens (tertiary/aromatic N) is 2. The molecule has 1 unspecified atom stereocenters. The van der Waals surface area contributed by atoms with Gasteiger partial charge in [-0.15, -0.1) is 0 Å². The number of amidine groups is 1. The summed E-state index contributed by atoms with van der Waals surface area (Å²) in [5, 5.41) is 1.78. The van der Waals surface area contributed by atoms with Gasteiger partial charge in [0, 0.05) is 12.8 Å². The molecule has 0 amide bonds. The van der Waals surface area contributed by atoms with Crippen LogP contribution in [0.5, 0.6) is 0 Å². The number of hydrazine groups is 1. The van der Waals surface area contributed by atoms with Gasteiger partial charge in [0.15, 0.2) is 12.0 Å². The van der Waals surface area contributed by atoms with Crippen LogP contribution in [-0.4, -0.2) is 29.0 Å². The Hall–Kier alpha value is -2.53. The minimum Gasteiger partial charge on any atom is -0.298 e. The monoisotopic (exact) mass is 323 g/mol. The van der Waals surface area contributed by atoms with Crippen molar-refractivity contribution in [1.29, 1.82) is 0 Å². The third-order valence-corrected chi connectivity index (χ3v) is 4.55. The fraction of sp³-hybridized carbons (Fsp3) is 0.263. The number of halogens is 1. The summed E-state index contributed by atoms with van der Waals surface area (Å²) in [5.74, 6) is 0.141. The van der Waals surface area contributed by atoms with Gasteiger partial charge >= 0.3 is 0 Å². The molecule has 24 heavy (non-hydrogen) atoms. The fourth-order valence-electron chi connectivity index (χ4n) is 3.35.